The molecule has 1 aromatic heterocycles. The van der Waals surface area contributed by atoms with Gasteiger partial charge in [0.1, 0.15) is 11.6 Å². The van der Waals surface area contributed by atoms with Crippen LogP contribution in [-0.2, 0) is 0 Å². The predicted octanol–water partition coefficient (Wildman–Crippen LogP) is 4.67. The lowest BCUT2D eigenvalue weighted by Crippen LogP contribution is -2.04. The summed E-state index contributed by atoms with van der Waals surface area (Å²) in [6.45, 7) is 0. The van der Waals surface area contributed by atoms with E-state index in [1.165, 1.54) is 0 Å². The molecule has 0 aliphatic carbocycles. The molecule has 1 heterocycles. The highest BCUT2D eigenvalue weighted by molar-refractivity contribution is 9.10. The zero-order valence-corrected chi connectivity index (χ0v) is 11.3. The van der Waals surface area contributed by atoms with Crippen molar-refractivity contribution < 1.29 is 13.6 Å². The molecule has 88 valence electrons. The number of halogens is 4. The van der Waals surface area contributed by atoms with E-state index < -0.39 is 17.4 Å². The summed E-state index contributed by atoms with van der Waals surface area (Å²) < 4.78 is 27.3. The molecule has 0 unspecified atom stereocenters. The summed E-state index contributed by atoms with van der Waals surface area (Å²) in [5, 5.41) is 1.34. The fraction of sp³-hybridized carbons (Fsp3) is 0. The van der Waals surface area contributed by atoms with Crippen LogP contribution in [0, 0.1) is 11.6 Å². The van der Waals surface area contributed by atoms with Gasteiger partial charge in [-0.3, -0.25) is 4.79 Å². The Morgan fingerprint density at radius 1 is 1.29 bits per heavy atom. The molecule has 0 radical (unpaired) electrons. The molecule has 0 aliphatic heterocycles. The number of carbonyl (C=O) groups is 1. The summed E-state index contributed by atoms with van der Waals surface area (Å²) in [4.78, 5) is 12.3. The third-order valence-electron chi connectivity index (χ3n) is 2.08. The first-order valence-electron chi connectivity index (χ1n) is 4.43. The summed E-state index contributed by atoms with van der Waals surface area (Å²) in [5.41, 5.74) is -0.324. The van der Waals surface area contributed by atoms with Gasteiger partial charge in [0.2, 0.25) is 5.78 Å². The van der Waals surface area contributed by atoms with Crippen LogP contribution in [0.3, 0.4) is 0 Å². The Morgan fingerprint density at radius 3 is 2.59 bits per heavy atom. The van der Waals surface area contributed by atoms with Crippen molar-refractivity contribution in [2.75, 3.05) is 0 Å². The van der Waals surface area contributed by atoms with Gasteiger partial charge < -0.3 is 0 Å². The molecule has 0 atom stereocenters. The Kier molecular flexibility index (Phi) is 3.61. The van der Waals surface area contributed by atoms with Crippen molar-refractivity contribution in [3.05, 3.63) is 55.1 Å². The van der Waals surface area contributed by atoms with Gasteiger partial charge in [0.25, 0.3) is 0 Å². The molecule has 0 fully saturated rings. The van der Waals surface area contributed by atoms with Gasteiger partial charge in [-0.1, -0.05) is 11.6 Å². The number of benzene rings is 1. The fourth-order valence-corrected chi connectivity index (χ4v) is 2.93. The predicted molar refractivity (Wildman–Crippen MR) is 66.8 cm³/mol. The Balaban J connectivity index is 2.52. The van der Waals surface area contributed by atoms with Crippen LogP contribution < -0.4 is 0 Å². The molecule has 17 heavy (non-hydrogen) atoms. The van der Waals surface area contributed by atoms with Crippen LogP contribution in [0.2, 0.25) is 5.02 Å². The molecule has 0 bridgehead atoms. The van der Waals surface area contributed by atoms with Crippen molar-refractivity contribution in [3.8, 4) is 0 Å². The maximum Gasteiger partial charge on any atom is 0.207 e. The second-order valence-electron chi connectivity index (χ2n) is 3.17. The Hall–Kier alpha value is -0.780. The molecule has 6 heteroatoms. The molecule has 0 spiro atoms. The minimum absolute atomic E-state index is 0.324. The van der Waals surface area contributed by atoms with Crippen LogP contribution >= 0.6 is 38.9 Å². The van der Waals surface area contributed by atoms with Gasteiger partial charge in [-0.2, -0.15) is 0 Å². The zero-order valence-electron chi connectivity index (χ0n) is 8.14. The third-order valence-corrected chi connectivity index (χ3v) is 4.20. The molecule has 2 rings (SSSR count). The quantitative estimate of drug-likeness (QED) is 0.575. The normalized spacial score (nSPS) is 10.6. The van der Waals surface area contributed by atoms with E-state index in [0.717, 1.165) is 23.5 Å². The standard InChI is InChI=1S/C11H4BrClF2OS/c12-6-1-2-17-11(6)10(16)5-3-9(15)7(13)4-8(5)14/h1-4H. The highest BCUT2D eigenvalue weighted by Gasteiger charge is 2.19. The number of hydrogen-bond donors (Lipinski definition) is 0. The van der Waals surface area contributed by atoms with E-state index in [1.807, 2.05) is 0 Å². The van der Waals surface area contributed by atoms with Crippen LogP contribution in [0.25, 0.3) is 0 Å². The number of hydrogen-bond acceptors (Lipinski definition) is 2. The molecule has 0 saturated heterocycles. The summed E-state index contributed by atoms with van der Waals surface area (Å²) >= 11 is 9.74. The van der Waals surface area contributed by atoms with Crippen molar-refractivity contribution in [2.24, 2.45) is 0 Å². The minimum atomic E-state index is -0.832. The molecule has 2 aromatic rings. The highest BCUT2D eigenvalue weighted by atomic mass is 79.9. The van der Waals surface area contributed by atoms with Crippen LogP contribution in [0.1, 0.15) is 15.2 Å². The van der Waals surface area contributed by atoms with E-state index in [-0.39, 0.29) is 10.6 Å². The molecule has 0 aliphatic rings. The van der Waals surface area contributed by atoms with Gasteiger partial charge in [-0.25, -0.2) is 8.78 Å². The van der Waals surface area contributed by atoms with Crippen molar-refractivity contribution >= 4 is 44.7 Å². The highest BCUT2D eigenvalue weighted by Crippen LogP contribution is 2.28. The summed E-state index contributed by atoms with van der Waals surface area (Å²) in [6, 6.07) is 3.28. The average molecular weight is 338 g/mol. The Bertz CT molecular complexity index is 597. The molecule has 1 aromatic carbocycles. The molecule has 0 N–H and O–H groups in total. The van der Waals surface area contributed by atoms with Crippen molar-refractivity contribution in [3.63, 3.8) is 0 Å². The second kappa shape index (κ2) is 4.84. The Labute approximate surface area is 113 Å². The monoisotopic (exact) mass is 336 g/mol. The molecule has 0 saturated carbocycles. The lowest BCUT2D eigenvalue weighted by Gasteiger charge is -2.03. The summed E-state index contributed by atoms with van der Waals surface area (Å²) in [6.07, 6.45) is 0. The lowest BCUT2D eigenvalue weighted by molar-refractivity contribution is 0.103. The van der Waals surface area contributed by atoms with Crippen LogP contribution in [0.5, 0.6) is 0 Å². The second-order valence-corrected chi connectivity index (χ2v) is 5.35. The lowest BCUT2D eigenvalue weighted by atomic mass is 10.1. The van der Waals surface area contributed by atoms with E-state index in [1.54, 1.807) is 11.4 Å². The maximum atomic E-state index is 13.5. The molecular weight excluding hydrogens is 334 g/mol. The van der Waals surface area contributed by atoms with Gasteiger partial charge in [0.15, 0.2) is 0 Å². The SMILES string of the molecule is O=C(c1cc(F)c(Cl)cc1F)c1sccc1Br. The van der Waals surface area contributed by atoms with E-state index >= 15 is 0 Å². The first-order chi connectivity index (χ1) is 8.00. The van der Waals surface area contributed by atoms with E-state index in [0.29, 0.717) is 9.35 Å². The smallest absolute Gasteiger partial charge is 0.207 e. The van der Waals surface area contributed by atoms with Gasteiger partial charge in [0, 0.05) is 4.47 Å². The van der Waals surface area contributed by atoms with Gasteiger partial charge in [-0.05, 0) is 39.5 Å². The largest absolute Gasteiger partial charge is 0.288 e. The molecule has 1 nitrogen and oxygen atoms in total. The Morgan fingerprint density at radius 2 is 2.00 bits per heavy atom. The van der Waals surface area contributed by atoms with Crippen LogP contribution in [-0.4, -0.2) is 5.78 Å². The number of ketones is 1. The van der Waals surface area contributed by atoms with Gasteiger partial charge in [-0.15, -0.1) is 11.3 Å². The van der Waals surface area contributed by atoms with E-state index in [9.17, 15) is 13.6 Å². The minimum Gasteiger partial charge on any atom is -0.288 e. The van der Waals surface area contributed by atoms with Crippen molar-refractivity contribution in [1.29, 1.82) is 0 Å². The average Bonchev–Trinajstić information content (AvgIpc) is 2.69. The zero-order chi connectivity index (χ0) is 12.6. The van der Waals surface area contributed by atoms with Gasteiger partial charge >= 0.3 is 0 Å². The van der Waals surface area contributed by atoms with Crippen LogP contribution in [0.4, 0.5) is 8.78 Å². The van der Waals surface area contributed by atoms with E-state index in [4.69, 9.17) is 11.6 Å². The van der Waals surface area contributed by atoms with Crippen LogP contribution in [0.15, 0.2) is 28.1 Å². The topological polar surface area (TPSA) is 17.1 Å². The number of rotatable bonds is 2. The first-order valence-corrected chi connectivity index (χ1v) is 6.48. The van der Waals surface area contributed by atoms with E-state index in [2.05, 4.69) is 15.9 Å². The van der Waals surface area contributed by atoms with Crippen molar-refractivity contribution in [2.45, 2.75) is 0 Å². The number of carbonyl (C=O) groups excluding carboxylic acids is 1. The summed E-state index contributed by atoms with van der Waals surface area (Å²) in [7, 11) is 0. The fourth-order valence-electron chi connectivity index (χ4n) is 1.27. The summed E-state index contributed by atoms with van der Waals surface area (Å²) in [5.74, 6) is -2.22. The maximum absolute atomic E-state index is 13.5. The van der Waals surface area contributed by atoms with Gasteiger partial charge in [0.05, 0.1) is 15.5 Å². The first kappa shape index (κ1) is 12.7. The number of thiophene rings is 1. The molecule has 0 amide bonds. The third kappa shape index (κ3) is 2.41. The van der Waals surface area contributed by atoms with Crippen molar-refractivity contribution in [1.82, 2.24) is 0 Å². The molecular formula is C11H4BrClF2OS.